The summed E-state index contributed by atoms with van der Waals surface area (Å²) in [6.45, 7) is 1.61. The molecule has 1 N–H and O–H groups in total. The zero-order valence-electron chi connectivity index (χ0n) is 10.0. The molecule has 5 heteroatoms. The van der Waals surface area contributed by atoms with Crippen LogP contribution in [0.1, 0.15) is 15.9 Å². The summed E-state index contributed by atoms with van der Waals surface area (Å²) in [5.41, 5.74) is 1.24. The fourth-order valence-electron chi connectivity index (χ4n) is 1.59. The molecule has 0 atom stereocenters. The van der Waals surface area contributed by atoms with Crippen LogP contribution in [0, 0.1) is 18.6 Å². The van der Waals surface area contributed by atoms with E-state index in [4.69, 9.17) is 0 Å². The van der Waals surface area contributed by atoms with Gasteiger partial charge in [-0.25, -0.2) is 8.78 Å². The maximum Gasteiger partial charge on any atom is 0.256 e. The number of anilines is 1. The number of hydrogen-bond donors (Lipinski definition) is 1. The molecule has 1 amide bonds. The van der Waals surface area contributed by atoms with Gasteiger partial charge >= 0.3 is 0 Å². The third-order valence-electron chi connectivity index (χ3n) is 2.59. The Morgan fingerprint density at radius 2 is 1.89 bits per heavy atom. The third-order valence-corrected chi connectivity index (χ3v) is 3.25. The third kappa shape index (κ3) is 3.17. The van der Waals surface area contributed by atoms with Crippen LogP contribution in [0.5, 0.6) is 0 Å². The van der Waals surface area contributed by atoms with E-state index in [2.05, 4.69) is 21.2 Å². The Hall–Kier alpha value is -1.75. The smallest absolute Gasteiger partial charge is 0.256 e. The van der Waals surface area contributed by atoms with Crippen LogP contribution in [0.25, 0.3) is 0 Å². The van der Waals surface area contributed by atoms with E-state index in [-0.39, 0.29) is 5.82 Å². The van der Waals surface area contributed by atoms with Gasteiger partial charge in [-0.05, 0) is 64.8 Å². The lowest BCUT2D eigenvalue weighted by molar-refractivity contribution is 0.102. The molecule has 0 spiro atoms. The Kier molecular flexibility index (Phi) is 3.95. The minimum absolute atomic E-state index is 0.309. The highest BCUT2D eigenvalue weighted by Gasteiger charge is 2.11. The van der Waals surface area contributed by atoms with Crippen LogP contribution >= 0.6 is 15.9 Å². The van der Waals surface area contributed by atoms with E-state index in [1.807, 2.05) is 0 Å². The summed E-state index contributed by atoms with van der Waals surface area (Å²) in [7, 11) is 0. The normalized spacial score (nSPS) is 10.3. The van der Waals surface area contributed by atoms with Gasteiger partial charge in [0.15, 0.2) is 0 Å². The fourth-order valence-corrected chi connectivity index (χ4v) is 2.13. The number of nitrogens with one attached hydrogen (secondary N) is 1. The summed E-state index contributed by atoms with van der Waals surface area (Å²) in [4.78, 5) is 12.0. The van der Waals surface area contributed by atoms with Crippen molar-refractivity contribution in [3.8, 4) is 0 Å². The molecule has 0 saturated heterocycles. The number of rotatable bonds is 2. The van der Waals surface area contributed by atoms with Crippen LogP contribution in [0.15, 0.2) is 40.9 Å². The molecule has 0 bridgehead atoms. The van der Waals surface area contributed by atoms with Crippen molar-refractivity contribution in [3.05, 3.63) is 63.6 Å². The zero-order valence-corrected chi connectivity index (χ0v) is 11.6. The van der Waals surface area contributed by atoms with E-state index in [9.17, 15) is 13.6 Å². The van der Waals surface area contributed by atoms with E-state index in [0.717, 1.165) is 0 Å². The molecular formula is C14H10BrF2NO. The van der Waals surface area contributed by atoms with Crippen LogP contribution in [-0.4, -0.2) is 5.91 Å². The van der Waals surface area contributed by atoms with Crippen molar-refractivity contribution >= 4 is 27.5 Å². The molecule has 98 valence electrons. The molecule has 2 rings (SSSR count). The predicted octanol–water partition coefficient (Wildman–Crippen LogP) is 4.29. The predicted molar refractivity (Wildman–Crippen MR) is 73.2 cm³/mol. The monoisotopic (exact) mass is 325 g/mol. The molecule has 0 saturated carbocycles. The van der Waals surface area contributed by atoms with Gasteiger partial charge < -0.3 is 5.32 Å². The van der Waals surface area contributed by atoms with Gasteiger partial charge in [0.2, 0.25) is 0 Å². The maximum absolute atomic E-state index is 13.1. The molecule has 0 aliphatic rings. The number of halogens is 3. The van der Waals surface area contributed by atoms with Gasteiger partial charge in [0, 0.05) is 10.2 Å². The number of carbonyl (C=O) groups is 1. The first-order valence-electron chi connectivity index (χ1n) is 5.50. The van der Waals surface area contributed by atoms with Crippen molar-refractivity contribution in [2.75, 3.05) is 5.32 Å². The summed E-state index contributed by atoms with van der Waals surface area (Å²) in [5.74, 6) is -1.15. The highest BCUT2D eigenvalue weighted by atomic mass is 79.9. The van der Waals surface area contributed by atoms with Crippen molar-refractivity contribution in [1.82, 2.24) is 0 Å². The summed E-state index contributed by atoms with van der Waals surface area (Å²) >= 11 is 3.13. The van der Waals surface area contributed by atoms with Crippen molar-refractivity contribution in [1.29, 1.82) is 0 Å². The summed E-state index contributed by atoms with van der Waals surface area (Å²) < 4.78 is 26.4. The van der Waals surface area contributed by atoms with Gasteiger partial charge in [0.1, 0.15) is 11.6 Å². The quantitative estimate of drug-likeness (QED) is 0.876. The highest BCUT2D eigenvalue weighted by Crippen LogP contribution is 2.20. The first kappa shape index (κ1) is 13.7. The summed E-state index contributed by atoms with van der Waals surface area (Å²) in [5, 5.41) is 2.63. The molecule has 0 unspecified atom stereocenters. The lowest BCUT2D eigenvalue weighted by atomic mass is 10.2. The van der Waals surface area contributed by atoms with Crippen LogP contribution in [0.3, 0.4) is 0 Å². The van der Waals surface area contributed by atoms with Crippen molar-refractivity contribution in [3.63, 3.8) is 0 Å². The molecule has 0 radical (unpaired) electrons. The molecule has 0 aliphatic heterocycles. The van der Waals surface area contributed by atoms with Gasteiger partial charge in [-0.3, -0.25) is 4.79 Å². The second-order valence-corrected chi connectivity index (χ2v) is 4.90. The number of aryl methyl sites for hydroxylation is 1. The molecule has 2 aromatic carbocycles. The second-order valence-electron chi connectivity index (χ2n) is 4.04. The first-order valence-corrected chi connectivity index (χ1v) is 6.29. The largest absolute Gasteiger partial charge is 0.322 e. The van der Waals surface area contributed by atoms with Crippen LogP contribution < -0.4 is 5.32 Å². The first-order chi connectivity index (χ1) is 8.97. The van der Waals surface area contributed by atoms with E-state index in [1.54, 1.807) is 6.92 Å². The van der Waals surface area contributed by atoms with E-state index >= 15 is 0 Å². The van der Waals surface area contributed by atoms with Gasteiger partial charge in [0.25, 0.3) is 5.91 Å². The Bertz CT molecular complexity index is 643. The van der Waals surface area contributed by atoms with Crippen molar-refractivity contribution < 1.29 is 13.6 Å². The number of hydrogen-bond acceptors (Lipinski definition) is 1. The number of benzene rings is 2. The average molecular weight is 326 g/mol. The molecule has 2 aromatic rings. The number of carbonyl (C=O) groups excluding carboxylic acids is 1. The SMILES string of the molecule is Cc1cc(NC(=O)c2ccc(F)cc2Br)ccc1F. The Morgan fingerprint density at radius 1 is 1.16 bits per heavy atom. The minimum atomic E-state index is -0.430. The number of amides is 1. The highest BCUT2D eigenvalue weighted by molar-refractivity contribution is 9.10. The van der Waals surface area contributed by atoms with Gasteiger partial charge in [-0.2, -0.15) is 0 Å². The van der Waals surface area contributed by atoms with Gasteiger partial charge in [-0.1, -0.05) is 0 Å². The summed E-state index contributed by atoms with van der Waals surface area (Å²) in [6, 6.07) is 8.08. The van der Waals surface area contributed by atoms with Crippen LogP contribution in [0.4, 0.5) is 14.5 Å². The van der Waals surface area contributed by atoms with Crippen molar-refractivity contribution in [2.24, 2.45) is 0 Å². The molecular weight excluding hydrogens is 316 g/mol. The van der Waals surface area contributed by atoms with Crippen LogP contribution in [0.2, 0.25) is 0 Å². The Labute approximate surface area is 117 Å². The van der Waals surface area contributed by atoms with Gasteiger partial charge in [-0.15, -0.1) is 0 Å². The second kappa shape index (κ2) is 5.48. The zero-order chi connectivity index (χ0) is 14.0. The molecule has 0 aromatic heterocycles. The molecule has 2 nitrogen and oxygen atoms in total. The summed E-state index contributed by atoms with van der Waals surface area (Å²) in [6.07, 6.45) is 0. The van der Waals surface area contributed by atoms with E-state index < -0.39 is 11.7 Å². The topological polar surface area (TPSA) is 29.1 Å². The maximum atomic E-state index is 13.1. The molecule has 0 aliphatic carbocycles. The van der Waals surface area contributed by atoms with E-state index in [1.165, 1.54) is 36.4 Å². The van der Waals surface area contributed by atoms with Gasteiger partial charge in [0.05, 0.1) is 5.56 Å². The average Bonchev–Trinajstić information content (AvgIpc) is 2.33. The lowest BCUT2D eigenvalue weighted by Gasteiger charge is -2.08. The van der Waals surface area contributed by atoms with E-state index in [0.29, 0.717) is 21.3 Å². The standard InChI is InChI=1S/C14H10BrF2NO/c1-8-6-10(3-5-13(8)17)18-14(19)11-4-2-9(16)7-12(11)15/h2-7H,1H3,(H,18,19). The van der Waals surface area contributed by atoms with Crippen LogP contribution in [-0.2, 0) is 0 Å². The Balaban J connectivity index is 2.23. The molecule has 19 heavy (non-hydrogen) atoms. The Morgan fingerprint density at radius 3 is 2.53 bits per heavy atom. The lowest BCUT2D eigenvalue weighted by Crippen LogP contribution is -2.12. The molecule has 0 heterocycles. The molecule has 0 fully saturated rings. The fraction of sp³-hybridized carbons (Fsp3) is 0.0714. The van der Waals surface area contributed by atoms with Crippen molar-refractivity contribution in [2.45, 2.75) is 6.92 Å². The minimum Gasteiger partial charge on any atom is -0.322 e.